The van der Waals surface area contributed by atoms with E-state index in [0.29, 0.717) is 5.69 Å². The van der Waals surface area contributed by atoms with Crippen molar-refractivity contribution in [2.45, 2.75) is 84.5 Å². The van der Waals surface area contributed by atoms with Crippen LogP contribution in [0.3, 0.4) is 0 Å². The summed E-state index contributed by atoms with van der Waals surface area (Å²) in [5.74, 6) is -0.518. The SMILES string of the molecule is [2H]c1c([2H])c([2H])c2c(c1[2H])c1c([2H])c([2H])c([2H])c([2H])c1n2-c1ccc2c(c1)N(c1c(-c3ccccc3)cc(C(C)(C)C)cc1-c1ccccc1)c1cc(C(C)(C)C)cc3c1C2c1cc(-c2ccc([Si](c4ccccc4)(c4ccccc4)c4ccccc4)cc2)ccc1N3c1c(-c2ccccc2)cc(C(C)(C)C)cc1-c1ccccc1. The Morgan fingerprint density at radius 3 is 1.03 bits per heavy atom. The molecule has 107 heavy (non-hydrogen) atoms. The van der Waals surface area contributed by atoms with E-state index >= 15 is 0 Å². The van der Waals surface area contributed by atoms with Gasteiger partial charge in [0, 0.05) is 50.2 Å². The molecule has 18 rings (SSSR count). The maximum absolute atomic E-state index is 9.91. The van der Waals surface area contributed by atoms with Crippen LogP contribution in [0.5, 0.6) is 0 Å². The van der Waals surface area contributed by atoms with Gasteiger partial charge in [0.1, 0.15) is 0 Å². The number of rotatable bonds is 12. The zero-order chi connectivity index (χ0) is 79.9. The van der Waals surface area contributed by atoms with E-state index < -0.39 is 55.7 Å². The second kappa shape index (κ2) is 26.2. The fourth-order valence-corrected chi connectivity index (χ4v) is 21.6. The summed E-state index contributed by atoms with van der Waals surface area (Å²) >= 11 is 0. The smallest absolute Gasteiger partial charge is 0.179 e. The maximum atomic E-state index is 9.91. The van der Waals surface area contributed by atoms with Crippen LogP contribution in [-0.4, -0.2) is 12.6 Å². The van der Waals surface area contributed by atoms with Crippen molar-refractivity contribution in [1.82, 2.24) is 4.57 Å². The third kappa shape index (κ3) is 11.4. The first-order valence-electron chi connectivity index (χ1n) is 41.3. The molecule has 16 aromatic rings. The second-order valence-electron chi connectivity index (χ2n) is 31.8. The minimum atomic E-state index is -2.96. The Labute approximate surface area is 643 Å². The molecule has 2 aliphatic rings. The van der Waals surface area contributed by atoms with Crippen molar-refractivity contribution in [1.29, 1.82) is 0 Å². The number of para-hydroxylation sites is 2. The predicted molar refractivity (Wildman–Crippen MR) is 458 cm³/mol. The van der Waals surface area contributed by atoms with Gasteiger partial charge >= 0.3 is 0 Å². The number of anilines is 6. The van der Waals surface area contributed by atoms with Crippen LogP contribution >= 0.6 is 0 Å². The first kappa shape index (κ1) is 58.2. The lowest BCUT2D eigenvalue weighted by molar-refractivity contribution is 0.589. The van der Waals surface area contributed by atoms with Gasteiger partial charge in [-0.15, -0.1) is 0 Å². The van der Waals surface area contributed by atoms with Crippen LogP contribution in [0.1, 0.15) is 113 Å². The van der Waals surface area contributed by atoms with Gasteiger partial charge in [0.05, 0.1) is 56.1 Å². The fraction of sp³-hybridized carbons (Fsp3) is 0.126. The van der Waals surface area contributed by atoms with Crippen LogP contribution in [0.15, 0.2) is 358 Å². The summed E-state index contributed by atoms with van der Waals surface area (Å²) in [7, 11) is -2.96. The number of nitrogens with zero attached hydrogens (tertiary/aromatic N) is 3. The molecule has 0 saturated carbocycles. The molecule has 2 aliphatic heterocycles. The van der Waals surface area contributed by atoms with Gasteiger partial charge in [0.15, 0.2) is 8.07 Å². The zero-order valence-corrected chi connectivity index (χ0v) is 62.9. The predicted octanol–water partition coefficient (Wildman–Crippen LogP) is 25.1. The van der Waals surface area contributed by atoms with E-state index in [1.165, 1.54) is 26.3 Å². The molecule has 1 unspecified atom stereocenters. The average molecular weight is 1400 g/mol. The maximum Gasteiger partial charge on any atom is 0.179 e. The summed E-state index contributed by atoms with van der Waals surface area (Å²) in [5, 5.41) is 5.14. The molecule has 4 heteroatoms. The molecule has 518 valence electrons. The van der Waals surface area contributed by atoms with E-state index in [4.69, 9.17) is 2.74 Å². The molecular formula is C103H87N3Si. The van der Waals surface area contributed by atoms with Crippen LogP contribution < -0.4 is 30.5 Å². The number of hydrogen-bond acceptors (Lipinski definition) is 2. The summed E-state index contributed by atoms with van der Waals surface area (Å²) in [4.78, 5) is 5.07. The first-order valence-corrected chi connectivity index (χ1v) is 39.3. The van der Waals surface area contributed by atoms with Gasteiger partial charge in [-0.3, -0.25) is 0 Å². The average Bonchev–Trinajstić information content (AvgIpc) is 1.43. The van der Waals surface area contributed by atoms with E-state index in [1.807, 2.05) is 6.07 Å². The van der Waals surface area contributed by atoms with Crippen LogP contribution in [-0.2, 0) is 16.2 Å². The lowest BCUT2D eigenvalue weighted by Gasteiger charge is -2.47. The Kier molecular flexibility index (Phi) is 14.3. The number of aromatic nitrogens is 1. The monoisotopic (exact) mass is 1400 g/mol. The van der Waals surface area contributed by atoms with Crippen LogP contribution in [0, 0.1) is 0 Å². The van der Waals surface area contributed by atoms with Crippen LogP contribution in [0.4, 0.5) is 34.1 Å². The summed E-state index contributed by atoms with van der Waals surface area (Å²) in [6.07, 6.45) is 0. The molecule has 0 N–H and O–H groups in total. The Bertz CT molecular complexity index is 6240. The Morgan fingerprint density at radius 2 is 0.636 bits per heavy atom. The van der Waals surface area contributed by atoms with Gasteiger partial charge < -0.3 is 14.4 Å². The molecule has 3 heterocycles. The Morgan fingerprint density at radius 1 is 0.290 bits per heavy atom. The first-order chi connectivity index (χ1) is 55.3. The van der Waals surface area contributed by atoms with Crippen LogP contribution in [0.2, 0.25) is 0 Å². The van der Waals surface area contributed by atoms with Crippen molar-refractivity contribution in [3.05, 3.63) is 391 Å². The molecule has 0 aliphatic carbocycles. The molecular weight excluding hydrogens is 1310 g/mol. The largest absolute Gasteiger partial charge is 0.309 e. The van der Waals surface area contributed by atoms with Gasteiger partial charge in [-0.1, -0.05) is 347 Å². The fourth-order valence-electron chi connectivity index (χ4n) is 16.8. The van der Waals surface area contributed by atoms with Crippen molar-refractivity contribution >= 4 is 84.8 Å². The van der Waals surface area contributed by atoms with Crippen molar-refractivity contribution in [3.8, 4) is 61.3 Å². The highest BCUT2D eigenvalue weighted by Gasteiger charge is 2.46. The van der Waals surface area contributed by atoms with Gasteiger partial charge in [0.2, 0.25) is 0 Å². The zero-order valence-electron chi connectivity index (χ0n) is 69.9. The van der Waals surface area contributed by atoms with Gasteiger partial charge in [-0.2, -0.15) is 0 Å². The van der Waals surface area contributed by atoms with Gasteiger partial charge in [-0.05, 0) is 171 Å². The molecule has 0 saturated heterocycles. The quantitative estimate of drug-likeness (QED) is 0.0892. The minimum Gasteiger partial charge on any atom is -0.309 e. The molecule has 15 aromatic carbocycles. The standard InChI is InChI=1S/C103H87N3Si/c1-101(2,3)75-62-86(70-35-17-10-18-36-70)99(87(63-75)71-37-19-11-20-38-71)105-93-60-55-74(69-53-57-82(58-54-69)107(79-43-25-14-26-44-79,80-45-27-15-28-46-80)81-47-29-16-30-48-81)61-90(93)97-85-59-56-78(104-91-51-33-31-49-83(91)84-50-32-34-52-92(84)104)68-94(85)106(96-67-77(103(7,8)9)66-95(105)98(96)97)100-88(72-39-21-12-22-40-72)64-76(102(4,5)6)65-89(100)73-41-23-13-24-42-73/h10-68,97H,1-9H3/i31D,32D,33D,34D,49D,50D,51D,52D. The normalized spacial score (nSPS) is 14.6. The van der Waals surface area contributed by atoms with E-state index in [2.05, 4.69) is 375 Å². The van der Waals surface area contributed by atoms with E-state index in [1.54, 1.807) is 4.57 Å². The Balaban J connectivity index is 1.01. The molecule has 1 atom stereocenters. The molecule has 0 radical (unpaired) electrons. The van der Waals surface area contributed by atoms with E-state index in [0.717, 1.165) is 118 Å². The number of fused-ring (bicyclic) bond motifs is 7. The van der Waals surface area contributed by atoms with E-state index in [9.17, 15) is 8.22 Å². The topological polar surface area (TPSA) is 11.4 Å². The second-order valence-corrected chi connectivity index (χ2v) is 35.6. The van der Waals surface area contributed by atoms with Crippen molar-refractivity contribution in [2.24, 2.45) is 0 Å². The van der Waals surface area contributed by atoms with Crippen molar-refractivity contribution < 1.29 is 11.0 Å². The number of hydrogen-bond donors (Lipinski definition) is 0. The minimum absolute atomic E-state index is 0.0123. The van der Waals surface area contributed by atoms with Crippen molar-refractivity contribution in [2.75, 3.05) is 9.80 Å². The summed E-state index contributed by atoms with van der Waals surface area (Å²) < 4.78 is 77.7. The summed E-state index contributed by atoms with van der Waals surface area (Å²) in [6.45, 7) is 20.6. The van der Waals surface area contributed by atoms with Crippen molar-refractivity contribution in [3.63, 3.8) is 0 Å². The molecule has 0 bridgehead atoms. The highest BCUT2D eigenvalue weighted by atomic mass is 28.3. The molecule has 0 spiro atoms. The molecule has 0 amide bonds. The lowest BCUT2D eigenvalue weighted by atomic mass is 9.72. The summed E-state index contributed by atoms with van der Waals surface area (Å²) in [6, 6.07) is 110. The Hall–Kier alpha value is -12.1. The highest BCUT2D eigenvalue weighted by molar-refractivity contribution is 7.19. The third-order valence-electron chi connectivity index (χ3n) is 22.2. The molecule has 3 nitrogen and oxygen atoms in total. The van der Waals surface area contributed by atoms with Gasteiger partial charge in [0.25, 0.3) is 0 Å². The number of benzene rings is 15. The van der Waals surface area contributed by atoms with E-state index in [-0.39, 0.29) is 44.7 Å². The van der Waals surface area contributed by atoms with Gasteiger partial charge in [-0.25, -0.2) is 0 Å². The highest BCUT2D eigenvalue weighted by Crippen LogP contribution is 2.65. The molecule has 0 fully saturated rings. The van der Waals surface area contributed by atoms with Crippen LogP contribution in [0.25, 0.3) is 83.1 Å². The molecule has 1 aromatic heterocycles. The summed E-state index contributed by atoms with van der Waals surface area (Å²) in [5.41, 5.74) is 21.8. The third-order valence-corrected chi connectivity index (χ3v) is 27.0. The lowest BCUT2D eigenvalue weighted by Crippen LogP contribution is -2.74.